The van der Waals surface area contributed by atoms with E-state index in [0.717, 1.165) is 22.6 Å². The van der Waals surface area contributed by atoms with Gasteiger partial charge in [0.05, 0.1) is 12.3 Å². The maximum Gasteiger partial charge on any atom is 0.234 e. The van der Waals surface area contributed by atoms with Gasteiger partial charge in [-0.3, -0.25) is 9.36 Å². The molecule has 6 nitrogen and oxygen atoms in total. The fraction of sp³-hybridized carbons (Fsp3) is 0.0741. The second-order valence-corrected chi connectivity index (χ2v) is 9.17. The van der Waals surface area contributed by atoms with Crippen molar-refractivity contribution in [2.45, 2.75) is 11.7 Å². The third kappa shape index (κ3) is 5.48. The Morgan fingerprint density at radius 2 is 1.60 bits per heavy atom. The highest BCUT2D eigenvalue weighted by Crippen LogP contribution is 2.26. The number of fused-ring (bicyclic) bond motifs is 1. The van der Waals surface area contributed by atoms with Crippen LogP contribution in [0.4, 0.5) is 11.4 Å². The Bertz CT molecular complexity index is 1450. The van der Waals surface area contributed by atoms with E-state index in [4.69, 9.17) is 11.6 Å². The summed E-state index contributed by atoms with van der Waals surface area (Å²) < 4.78 is 1.98. The van der Waals surface area contributed by atoms with Crippen LogP contribution in [0, 0.1) is 0 Å². The number of anilines is 2. The van der Waals surface area contributed by atoms with Gasteiger partial charge in [-0.25, -0.2) is 0 Å². The van der Waals surface area contributed by atoms with Crippen molar-refractivity contribution >= 4 is 51.4 Å². The van der Waals surface area contributed by atoms with E-state index in [9.17, 15) is 4.79 Å². The molecule has 8 heteroatoms. The lowest BCUT2D eigenvalue weighted by Crippen LogP contribution is -2.14. The lowest BCUT2D eigenvalue weighted by molar-refractivity contribution is -0.113. The van der Waals surface area contributed by atoms with Crippen molar-refractivity contribution in [1.29, 1.82) is 0 Å². The summed E-state index contributed by atoms with van der Waals surface area (Å²) in [6.07, 6.45) is 0. The van der Waals surface area contributed by atoms with Crippen molar-refractivity contribution in [3.05, 3.63) is 108 Å². The molecule has 4 aromatic carbocycles. The molecule has 5 aromatic rings. The van der Waals surface area contributed by atoms with Gasteiger partial charge in [0.15, 0.2) is 11.0 Å². The number of carbonyl (C=O) groups excluding carboxylic acids is 1. The van der Waals surface area contributed by atoms with E-state index in [-0.39, 0.29) is 11.7 Å². The second kappa shape index (κ2) is 10.6. The highest BCUT2D eigenvalue weighted by Gasteiger charge is 2.16. The van der Waals surface area contributed by atoms with Gasteiger partial charge in [0.1, 0.15) is 0 Å². The number of carbonyl (C=O) groups is 1. The minimum Gasteiger partial charge on any atom is -0.377 e. The van der Waals surface area contributed by atoms with Crippen LogP contribution < -0.4 is 10.6 Å². The third-order valence-corrected chi connectivity index (χ3v) is 6.58. The van der Waals surface area contributed by atoms with Crippen LogP contribution in [-0.4, -0.2) is 26.4 Å². The monoisotopic (exact) mass is 499 g/mol. The first-order valence-electron chi connectivity index (χ1n) is 11.1. The van der Waals surface area contributed by atoms with Crippen molar-refractivity contribution in [3.8, 4) is 5.69 Å². The van der Waals surface area contributed by atoms with Gasteiger partial charge in [-0.05, 0) is 47.9 Å². The zero-order chi connectivity index (χ0) is 24.0. The van der Waals surface area contributed by atoms with Crippen LogP contribution in [0.25, 0.3) is 16.5 Å². The number of hydrogen-bond donors (Lipinski definition) is 2. The minimum absolute atomic E-state index is 0.129. The van der Waals surface area contributed by atoms with Crippen molar-refractivity contribution in [1.82, 2.24) is 14.8 Å². The molecule has 0 saturated carbocycles. The molecule has 5 rings (SSSR count). The Hall–Kier alpha value is -3.81. The summed E-state index contributed by atoms with van der Waals surface area (Å²) in [5.41, 5.74) is 2.67. The number of para-hydroxylation sites is 1. The largest absolute Gasteiger partial charge is 0.377 e. The van der Waals surface area contributed by atoms with Crippen LogP contribution in [-0.2, 0) is 11.3 Å². The SMILES string of the molecule is O=C(CSc1nnc(CNc2cccc3ccccc23)n1-c1ccccc1)Nc1ccc(Cl)cc1. The molecule has 1 aromatic heterocycles. The van der Waals surface area contributed by atoms with Crippen molar-refractivity contribution < 1.29 is 4.79 Å². The molecular formula is C27H22ClN5OS. The number of aromatic nitrogens is 3. The first-order chi connectivity index (χ1) is 17.2. The van der Waals surface area contributed by atoms with Gasteiger partial charge in [0, 0.05) is 27.5 Å². The van der Waals surface area contributed by atoms with Crippen LogP contribution in [0.15, 0.2) is 102 Å². The Morgan fingerprint density at radius 1 is 0.857 bits per heavy atom. The molecule has 1 heterocycles. The number of thioether (sulfide) groups is 1. The summed E-state index contributed by atoms with van der Waals surface area (Å²) in [4.78, 5) is 12.5. The second-order valence-electron chi connectivity index (χ2n) is 7.79. The number of benzene rings is 4. The quantitative estimate of drug-likeness (QED) is 0.241. The zero-order valence-corrected chi connectivity index (χ0v) is 20.3. The van der Waals surface area contributed by atoms with Gasteiger partial charge in [-0.2, -0.15) is 0 Å². The van der Waals surface area contributed by atoms with Crippen LogP contribution >= 0.6 is 23.4 Å². The van der Waals surface area contributed by atoms with E-state index in [1.165, 1.54) is 17.1 Å². The molecule has 0 aliphatic heterocycles. The number of hydrogen-bond acceptors (Lipinski definition) is 5. The predicted octanol–water partition coefficient (Wildman–Crippen LogP) is 6.42. The summed E-state index contributed by atoms with van der Waals surface area (Å²) in [7, 11) is 0. The lowest BCUT2D eigenvalue weighted by Gasteiger charge is -2.13. The highest BCUT2D eigenvalue weighted by molar-refractivity contribution is 7.99. The summed E-state index contributed by atoms with van der Waals surface area (Å²) in [5, 5.41) is 18.8. The van der Waals surface area contributed by atoms with Gasteiger partial charge < -0.3 is 10.6 Å². The standard InChI is InChI=1S/C27H22ClN5OS/c28-20-13-15-21(16-14-20)30-26(34)18-35-27-32-31-25(33(27)22-9-2-1-3-10-22)17-29-24-12-6-8-19-7-4-5-11-23(19)24/h1-16,29H,17-18H2,(H,30,34). The van der Waals surface area contributed by atoms with E-state index < -0.39 is 0 Å². The van der Waals surface area contributed by atoms with E-state index in [2.05, 4.69) is 45.1 Å². The first-order valence-corrected chi connectivity index (χ1v) is 12.4. The average Bonchev–Trinajstić information content (AvgIpc) is 3.31. The number of halogens is 1. The lowest BCUT2D eigenvalue weighted by atomic mass is 10.1. The average molecular weight is 500 g/mol. The van der Waals surface area contributed by atoms with E-state index in [1.54, 1.807) is 24.3 Å². The fourth-order valence-electron chi connectivity index (χ4n) is 3.76. The molecule has 0 aliphatic rings. The van der Waals surface area contributed by atoms with Crippen molar-refractivity contribution in [3.63, 3.8) is 0 Å². The summed E-state index contributed by atoms with van der Waals surface area (Å²) in [5.74, 6) is 0.824. The maximum atomic E-state index is 12.5. The molecule has 174 valence electrons. The Kier molecular flexibility index (Phi) is 6.97. The molecule has 0 bridgehead atoms. The molecule has 2 N–H and O–H groups in total. The molecule has 0 spiro atoms. The van der Waals surface area contributed by atoms with E-state index in [1.807, 2.05) is 53.1 Å². The molecule has 0 unspecified atom stereocenters. The molecule has 0 saturated heterocycles. The summed E-state index contributed by atoms with van der Waals surface area (Å²) in [6, 6.07) is 31.4. The Balaban J connectivity index is 1.34. The van der Waals surface area contributed by atoms with Crippen molar-refractivity contribution in [2.75, 3.05) is 16.4 Å². The molecule has 35 heavy (non-hydrogen) atoms. The third-order valence-electron chi connectivity index (χ3n) is 5.40. The highest BCUT2D eigenvalue weighted by atomic mass is 35.5. The number of nitrogens with one attached hydrogen (secondary N) is 2. The number of rotatable bonds is 8. The minimum atomic E-state index is -0.129. The Labute approximate surface area is 212 Å². The van der Waals surface area contributed by atoms with Crippen LogP contribution in [0.1, 0.15) is 5.82 Å². The van der Waals surface area contributed by atoms with Crippen LogP contribution in [0.3, 0.4) is 0 Å². The molecule has 1 amide bonds. The maximum absolute atomic E-state index is 12.5. The van der Waals surface area contributed by atoms with Gasteiger partial charge >= 0.3 is 0 Å². The normalized spacial score (nSPS) is 10.9. The fourth-order valence-corrected chi connectivity index (χ4v) is 4.66. The topological polar surface area (TPSA) is 71.8 Å². The molecule has 0 atom stereocenters. The van der Waals surface area contributed by atoms with Gasteiger partial charge in [-0.1, -0.05) is 78.0 Å². The number of amides is 1. The smallest absolute Gasteiger partial charge is 0.234 e. The predicted molar refractivity (Wildman–Crippen MR) is 143 cm³/mol. The molecule has 0 aliphatic carbocycles. The number of nitrogens with zero attached hydrogens (tertiary/aromatic N) is 3. The van der Waals surface area contributed by atoms with E-state index in [0.29, 0.717) is 22.4 Å². The molecular weight excluding hydrogens is 478 g/mol. The molecule has 0 radical (unpaired) electrons. The van der Waals surface area contributed by atoms with Crippen LogP contribution in [0.5, 0.6) is 0 Å². The van der Waals surface area contributed by atoms with Gasteiger partial charge in [-0.15, -0.1) is 10.2 Å². The summed E-state index contributed by atoms with van der Waals surface area (Å²) >= 11 is 7.26. The molecule has 0 fully saturated rings. The van der Waals surface area contributed by atoms with Gasteiger partial charge in [0.2, 0.25) is 5.91 Å². The van der Waals surface area contributed by atoms with E-state index >= 15 is 0 Å². The zero-order valence-electron chi connectivity index (χ0n) is 18.7. The first kappa shape index (κ1) is 23.0. The van der Waals surface area contributed by atoms with Crippen molar-refractivity contribution in [2.24, 2.45) is 0 Å². The van der Waals surface area contributed by atoms with Crippen LogP contribution in [0.2, 0.25) is 5.02 Å². The Morgan fingerprint density at radius 3 is 2.43 bits per heavy atom. The summed E-state index contributed by atoms with van der Waals surface area (Å²) in [6.45, 7) is 0.480. The van der Waals surface area contributed by atoms with Gasteiger partial charge in [0.25, 0.3) is 0 Å².